The Labute approximate surface area is 141 Å². The van der Waals surface area contributed by atoms with E-state index in [1.54, 1.807) is 7.05 Å². The number of carbonyl (C=O) groups is 1. The van der Waals surface area contributed by atoms with Crippen molar-refractivity contribution < 1.29 is 4.79 Å². The van der Waals surface area contributed by atoms with E-state index in [1.165, 1.54) is 10.4 Å². The van der Waals surface area contributed by atoms with Crippen molar-refractivity contribution in [1.82, 2.24) is 35.3 Å². The lowest BCUT2D eigenvalue weighted by atomic mass is 10.1. The molecule has 2 amide bonds. The molecular weight excluding hydrogens is 306 g/mol. The van der Waals surface area contributed by atoms with Gasteiger partial charge < -0.3 is 10.2 Å². The highest BCUT2D eigenvalue weighted by Crippen LogP contribution is 2.13. The van der Waals surface area contributed by atoms with E-state index in [1.807, 2.05) is 11.0 Å². The van der Waals surface area contributed by atoms with E-state index in [2.05, 4.69) is 56.8 Å². The first-order chi connectivity index (χ1) is 11.6. The summed E-state index contributed by atoms with van der Waals surface area (Å²) in [7, 11) is 1.70. The van der Waals surface area contributed by atoms with Crippen LogP contribution in [0.1, 0.15) is 18.3 Å². The van der Waals surface area contributed by atoms with Crippen molar-refractivity contribution in [3.05, 3.63) is 41.7 Å². The Morgan fingerprint density at radius 3 is 2.75 bits per heavy atom. The molecule has 0 radical (unpaired) electrons. The van der Waals surface area contributed by atoms with Crippen molar-refractivity contribution in [3.8, 4) is 0 Å². The minimum absolute atomic E-state index is 0.0747. The zero-order chi connectivity index (χ0) is 16.9. The van der Waals surface area contributed by atoms with E-state index >= 15 is 0 Å². The number of piperazine rings is 1. The van der Waals surface area contributed by atoms with Crippen LogP contribution in [0.15, 0.2) is 30.3 Å². The van der Waals surface area contributed by atoms with Gasteiger partial charge in [-0.2, -0.15) is 4.80 Å². The zero-order valence-corrected chi connectivity index (χ0v) is 14.1. The van der Waals surface area contributed by atoms with Crippen LogP contribution in [0.2, 0.25) is 0 Å². The molecule has 1 fully saturated rings. The summed E-state index contributed by atoms with van der Waals surface area (Å²) < 4.78 is 0. The number of nitrogens with one attached hydrogen (secondary N) is 1. The van der Waals surface area contributed by atoms with Gasteiger partial charge in [-0.25, -0.2) is 4.79 Å². The SMILES string of the molecule is C[C@@H]1CN(Cc2ccccc2)CCN1C(=O)NCc1nnn(C)n1. The molecule has 0 saturated carbocycles. The Kier molecular flexibility index (Phi) is 5.05. The molecule has 8 nitrogen and oxygen atoms in total. The summed E-state index contributed by atoms with van der Waals surface area (Å²) in [5.74, 6) is 0.515. The molecule has 1 aliphatic heterocycles. The summed E-state index contributed by atoms with van der Waals surface area (Å²) >= 11 is 0. The third kappa shape index (κ3) is 4.08. The second kappa shape index (κ2) is 7.39. The summed E-state index contributed by atoms with van der Waals surface area (Å²) in [6, 6.07) is 10.5. The molecule has 2 heterocycles. The minimum Gasteiger partial charge on any atom is -0.331 e. The first kappa shape index (κ1) is 16.4. The molecule has 1 saturated heterocycles. The number of tetrazole rings is 1. The molecule has 2 aromatic rings. The van der Waals surface area contributed by atoms with Crippen LogP contribution in [-0.2, 0) is 20.1 Å². The zero-order valence-electron chi connectivity index (χ0n) is 14.1. The Morgan fingerprint density at radius 2 is 2.08 bits per heavy atom. The summed E-state index contributed by atoms with van der Waals surface area (Å²) in [5, 5.41) is 14.6. The first-order valence-corrected chi connectivity index (χ1v) is 8.15. The molecule has 0 bridgehead atoms. The lowest BCUT2D eigenvalue weighted by Gasteiger charge is -2.39. The van der Waals surface area contributed by atoms with Crippen LogP contribution in [0.25, 0.3) is 0 Å². The van der Waals surface area contributed by atoms with E-state index in [9.17, 15) is 4.79 Å². The number of aryl methyl sites for hydroxylation is 1. The molecule has 0 spiro atoms. The molecule has 1 atom stereocenters. The predicted octanol–water partition coefficient (Wildman–Crippen LogP) is 0.626. The Morgan fingerprint density at radius 1 is 1.29 bits per heavy atom. The molecule has 24 heavy (non-hydrogen) atoms. The van der Waals surface area contributed by atoms with Crippen molar-refractivity contribution in [3.63, 3.8) is 0 Å². The van der Waals surface area contributed by atoms with Gasteiger partial charge in [0.15, 0.2) is 5.82 Å². The lowest BCUT2D eigenvalue weighted by Crippen LogP contribution is -2.56. The van der Waals surface area contributed by atoms with Gasteiger partial charge in [-0.3, -0.25) is 4.90 Å². The van der Waals surface area contributed by atoms with Crippen molar-refractivity contribution in [1.29, 1.82) is 0 Å². The monoisotopic (exact) mass is 329 g/mol. The molecule has 1 aliphatic rings. The van der Waals surface area contributed by atoms with Crippen LogP contribution in [0.3, 0.4) is 0 Å². The average molecular weight is 329 g/mol. The van der Waals surface area contributed by atoms with Gasteiger partial charge in [0.2, 0.25) is 0 Å². The number of hydrogen-bond acceptors (Lipinski definition) is 5. The number of amides is 2. The van der Waals surface area contributed by atoms with Crippen molar-refractivity contribution in [2.24, 2.45) is 7.05 Å². The van der Waals surface area contributed by atoms with Gasteiger partial charge in [-0.1, -0.05) is 30.3 Å². The number of carbonyl (C=O) groups excluding carboxylic acids is 1. The molecule has 0 unspecified atom stereocenters. The van der Waals surface area contributed by atoms with Crippen molar-refractivity contribution in [2.45, 2.75) is 26.1 Å². The van der Waals surface area contributed by atoms with E-state index in [4.69, 9.17) is 0 Å². The molecule has 1 aromatic heterocycles. The highest BCUT2D eigenvalue weighted by atomic mass is 16.2. The fourth-order valence-electron chi connectivity index (χ4n) is 2.97. The molecular formula is C16H23N7O. The van der Waals surface area contributed by atoms with Crippen LogP contribution in [-0.4, -0.2) is 61.7 Å². The first-order valence-electron chi connectivity index (χ1n) is 8.15. The van der Waals surface area contributed by atoms with Crippen LogP contribution < -0.4 is 5.32 Å². The topological polar surface area (TPSA) is 79.2 Å². The highest BCUT2D eigenvalue weighted by molar-refractivity contribution is 5.74. The summed E-state index contributed by atoms with van der Waals surface area (Å²) in [6.07, 6.45) is 0. The molecule has 128 valence electrons. The molecule has 1 aromatic carbocycles. The lowest BCUT2D eigenvalue weighted by molar-refractivity contribution is 0.0972. The molecule has 3 rings (SSSR count). The van der Waals surface area contributed by atoms with Gasteiger partial charge in [0.05, 0.1) is 13.6 Å². The Hall–Kier alpha value is -2.48. The minimum atomic E-state index is -0.0747. The third-order valence-corrected chi connectivity index (χ3v) is 4.17. The second-order valence-electron chi connectivity index (χ2n) is 6.12. The van der Waals surface area contributed by atoms with Gasteiger partial charge in [-0.15, -0.1) is 10.2 Å². The standard InChI is InChI=1S/C16H23N7O/c1-13-11-22(12-14-6-4-3-5-7-14)8-9-23(13)16(24)17-10-15-18-20-21(2)19-15/h3-7,13H,8-12H2,1-2H3,(H,17,24)/t13-/m1/s1. The van der Waals surface area contributed by atoms with Gasteiger partial charge >= 0.3 is 6.03 Å². The van der Waals surface area contributed by atoms with Crippen LogP contribution >= 0.6 is 0 Å². The molecule has 1 N–H and O–H groups in total. The summed E-state index contributed by atoms with van der Waals surface area (Å²) in [6.45, 7) is 5.75. The molecule has 0 aliphatic carbocycles. The summed E-state index contributed by atoms with van der Waals surface area (Å²) in [5.41, 5.74) is 1.30. The van der Waals surface area contributed by atoms with Crippen molar-refractivity contribution >= 4 is 6.03 Å². The van der Waals surface area contributed by atoms with Crippen LogP contribution in [0.5, 0.6) is 0 Å². The van der Waals surface area contributed by atoms with Gasteiger partial charge in [0.1, 0.15) is 0 Å². The predicted molar refractivity (Wildman–Crippen MR) is 88.9 cm³/mol. The van der Waals surface area contributed by atoms with E-state index in [0.717, 1.165) is 19.6 Å². The number of hydrogen-bond donors (Lipinski definition) is 1. The smallest absolute Gasteiger partial charge is 0.318 e. The van der Waals surface area contributed by atoms with Crippen molar-refractivity contribution in [2.75, 3.05) is 19.6 Å². The van der Waals surface area contributed by atoms with Crippen LogP contribution in [0.4, 0.5) is 4.79 Å². The fourth-order valence-corrected chi connectivity index (χ4v) is 2.97. The number of urea groups is 1. The fraction of sp³-hybridized carbons (Fsp3) is 0.500. The van der Waals surface area contributed by atoms with Gasteiger partial charge in [0, 0.05) is 32.2 Å². The highest BCUT2D eigenvalue weighted by Gasteiger charge is 2.27. The quantitative estimate of drug-likeness (QED) is 0.890. The van der Waals surface area contributed by atoms with Gasteiger partial charge in [0.25, 0.3) is 0 Å². The average Bonchev–Trinajstić information content (AvgIpc) is 2.99. The number of rotatable bonds is 4. The van der Waals surface area contributed by atoms with Gasteiger partial charge in [-0.05, 0) is 17.7 Å². The number of nitrogens with zero attached hydrogens (tertiary/aromatic N) is 6. The summed E-state index contributed by atoms with van der Waals surface area (Å²) in [4.78, 5) is 18.0. The van der Waals surface area contributed by atoms with E-state index in [-0.39, 0.29) is 12.1 Å². The second-order valence-corrected chi connectivity index (χ2v) is 6.12. The third-order valence-electron chi connectivity index (χ3n) is 4.17. The molecule has 8 heteroatoms. The maximum absolute atomic E-state index is 12.4. The normalized spacial score (nSPS) is 18.6. The maximum atomic E-state index is 12.4. The Bertz CT molecular complexity index is 672. The number of aromatic nitrogens is 4. The largest absolute Gasteiger partial charge is 0.331 e. The Balaban J connectivity index is 1.48. The van der Waals surface area contributed by atoms with E-state index in [0.29, 0.717) is 18.9 Å². The van der Waals surface area contributed by atoms with Crippen LogP contribution in [0, 0.1) is 0 Å². The van der Waals surface area contributed by atoms with E-state index < -0.39 is 0 Å². The number of benzene rings is 1. The maximum Gasteiger partial charge on any atom is 0.318 e.